The standard InChI is InChI=1S/C22H28N2.Pd/c1-6-7-8-22(24-21-12-10-17(3)19(5)14-21)15-23-20-11-9-16(2)18(4)13-20;/h9-15H,6-8H2,1-5H3;/b23-15+,24-22+;. The number of aryl methyl sites for hydroxylation is 4. The molecule has 0 spiro atoms. The first kappa shape index (κ1) is 21.5. The van der Waals surface area contributed by atoms with Gasteiger partial charge >= 0.3 is 0 Å². The largest absolute Gasteiger partial charge is 0.255 e. The SMILES string of the molecule is CCCCC(/C=N/c1ccc(C)c(C)c1)=N\c1ccc(C)c(C)c1.[Pd]. The molecule has 2 nitrogen and oxygen atoms in total. The number of unbranched alkanes of at least 4 members (excludes halogenated alkanes) is 1. The van der Waals surface area contributed by atoms with E-state index in [0.717, 1.165) is 36.3 Å². The van der Waals surface area contributed by atoms with Crippen LogP contribution < -0.4 is 0 Å². The molecule has 136 valence electrons. The maximum atomic E-state index is 4.82. The summed E-state index contributed by atoms with van der Waals surface area (Å²) in [5.74, 6) is 0. The van der Waals surface area contributed by atoms with Crippen molar-refractivity contribution in [2.75, 3.05) is 0 Å². The molecule has 0 heterocycles. The summed E-state index contributed by atoms with van der Waals surface area (Å²) >= 11 is 0. The average Bonchev–Trinajstić information content (AvgIpc) is 2.56. The van der Waals surface area contributed by atoms with Crippen molar-refractivity contribution in [3.05, 3.63) is 58.7 Å². The zero-order valence-corrected chi connectivity index (χ0v) is 17.4. The molecule has 0 atom stereocenters. The van der Waals surface area contributed by atoms with Gasteiger partial charge in [-0.25, -0.2) is 0 Å². The van der Waals surface area contributed by atoms with Crippen LogP contribution in [0.2, 0.25) is 0 Å². The van der Waals surface area contributed by atoms with E-state index in [1.807, 2.05) is 6.21 Å². The monoisotopic (exact) mass is 426 g/mol. The number of nitrogens with zero attached hydrogens (tertiary/aromatic N) is 2. The summed E-state index contributed by atoms with van der Waals surface area (Å²) in [5, 5.41) is 0. The summed E-state index contributed by atoms with van der Waals surface area (Å²) in [5.41, 5.74) is 8.18. The van der Waals surface area contributed by atoms with E-state index in [1.54, 1.807) is 0 Å². The third-order valence-corrected chi connectivity index (χ3v) is 4.40. The van der Waals surface area contributed by atoms with E-state index >= 15 is 0 Å². The molecule has 0 saturated carbocycles. The molecule has 0 unspecified atom stereocenters. The predicted molar refractivity (Wildman–Crippen MR) is 107 cm³/mol. The van der Waals surface area contributed by atoms with Crippen LogP contribution in [0.3, 0.4) is 0 Å². The van der Waals surface area contributed by atoms with Crippen molar-refractivity contribution in [3.8, 4) is 0 Å². The van der Waals surface area contributed by atoms with Gasteiger partial charge < -0.3 is 0 Å². The Morgan fingerprint density at radius 2 is 1.40 bits per heavy atom. The normalized spacial score (nSPS) is 11.6. The zero-order chi connectivity index (χ0) is 17.5. The van der Waals surface area contributed by atoms with Crippen LogP contribution in [0.25, 0.3) is 0 Å². The third-order valence-electron chi connectivity index (χ3n) is 4.40. The molecule has 0 bridgehead atoms. The molecule has 0 aromatic heterocycles. The van der Waals surface area contributed by atoms with Gasteiger partial charge in [0.1, 0.15) is 0 Å². The van der Waals surface area contributed by atoms with E-state index in [0.29, 0.717) is 0 Å². The van der Waals surface area contributed by atoms with Crippen LogP contribution in [0.5, 0.6) is 0 Å². The van der Waals surface area contributed by atoms with Gasteiger partial charge in [0, 0.05) is 26.6 Å². The Hall–Kier alpha value is -1.56. The molecule has 25 heavy (non-hydrogen) atoms. The molecule has 3 heteroatoms. The minimum absolute atomic E-state index is 0. The zero-order valence-electron chi connectivity index (χ0n) is 15.9. The fourth-order valence-electron chi connectivity index (χ4n) is 2.42. The van der Waals surface area contributed by atoms with Gasteiger partial charge in [-0.2, -0.15) is 0 Å². The molecule has 2 aromatic carbocycles. The summed E-state index contributed by atoms with van der Waals surface area (Å²) in [7, 11) is 0. The van der Waals surface area contributed by atoms with Crippen LogP contribution in [0, 0.1) is 27.7 Å². The van der Waals surface area contributed by atoms with Crippen molar-refractivity contribution in [1.82, 2.24) is 0 Å². The van der Waals surface area contributed by atoms with E-state index in [1.165, 1.54) is 22.3 Å². The minimum atomic E-state index is 0. The van der Waals surface area contributed by atoms with E-state index in [2.05, 4.69) is 76.0 Å². The molecular weight excluding hydrogens is 399 g/mol. The van der Waals surface area contributed by atoms with Crippen LogP contribution >= 0.6 is 0 Å². The van der Waals surface area contributed by atoms with E-state index < -0.39 is 0 Å². The molecule has 0 aliphatic rings. The van der Waals surface area contributed by atoms with Gasteiger partial charge in [-0.3, -0.25) is 9.98 Å². The molecule has 0 fully saturated rings. The summed E-state index contributed by atoms with van der Waals surface area (Å²) in [6, 6.07) is 12.7. The summed E-state index contributed by atoms with van der Waals surface area (Å²) in [4.78, 5) is 9.46. The van der Waals surface area contributed by atoms with Gasteiger partial charge in [0.2, 0.25) is 0 Å². The van der Waals surface area contributed by atoms with Gasteiger partial charge in [-0.1, -0.05) is 25.5 Å². The Balaban J connectivity index is 0.00000312. The molecule has 0 radical (unpaired) electrons. The van der Waals surface area contributed by atoms with Gasteiger partial charge in [0.05, 0.1) is 17.1 Å². The fraction of sp³-hybridized carbons (Fsp3) is 0.364. The molecule has 0 aliphatic carbocycles. The van der Waals surface area contributed by atoms with Gasteiger partial charge in [-0.15, -0.1) is 0 Å². The Kier molecular flexibility index (Phi) is 8.97. The Labute approximate surface area is 166 Å². The summed E-state index contributed by atoms with van der Waals surface area (Å²) in [6.45, 7) is 10.7. The summed E-state index contributed by atoms with van der Waals surface area (Å²) < 4.78 is 0. The fourth-order valence-corrected chi connectivity index (χ4v) is 2.42. The Morgan fingerprint density at radius 3 is 1.96 bits per heavy atom. The second-order valence-electron chi connectivity index (χ2n) is 6.50. The smallest absolute Gasteiger partial charge is 0.0636 e. The first-order valence-corrected chi connectivity index (χ1v) is 8.75. The molecular formula is C22H28N2Pd. The molecule has 0 saturated heterocycles. The minimum Gasteiger partial charge on any atom is -0.255 e. The second-order valence-corrected chi connectivity index (χ2v) is 6.50. The quantitative estimate of drug-likeness (QED) is 0.368. The van der Waals surface area contributed by atoms with E-state index in [-0.39, 0.29) is 20.4 Å². The maximum Gasteiger partial charge on any atom is 0.0636 e. The number of benzene rings is 2. The Morgan fingerprint density at radius 1 is 0.840 bits per heavy atom. The molecule has 0 N–H and O–H groups in total. The summed E-state index contributed by atoms with van der Waals surface area (Å²) in [6.07, 6.45) is 5.17. The van der Waals surface area contributed by atoms with Crippen molar-refractivity contribution >= 4 is 23.3 Å². The number of hydrogen-bond acceptors (Lipinski definition) is 2. The van der Waals surface area contributed by atoms with Gasteiger partial charge in [0.15, 0.2) is 0 Å². The molecule has 0 aliphatic heterocycles. The van der Waals surface area contributed by atoms with E-state index in [4.69, 9.17) is 4.99 Å². The van der Waals surface area contributed by atoms with Crippen LogP contribution in [0.15, 0.2) is 46.4 Å². The first-order valence-electron chi connectivity index (χ1n) is 8.75. The van der Waals surface area contributed by atoms with Crippen molar-refractivity contribution in [3.63, 3.8) is 0 Å². The van der Waals surface area contributed by atoms with Crippen molar-refractivity contribution < 1.29 is 20.4 Å². The molecule has 0 amide bonds. The Bertz CT molecular complexity index is 761. The number of hydrogen-bond donors (Lipinski definition) is 0. The van der Waals surface area contributed by atoms with Gasteiger partial charge in [-0.05, 0) is 87.1 Å². The van der Waals surface area contributed by atoms with Crippen LogP contribution in [-0.4, -0.2) is 11.9 Å². The maximum absolute atomic E-state index is 4.82. The third kappa shape index (κ3) is 6.69. The molecule has 2 aromatic rings. The second kappa shape index (κ2) is 10.4. The van der Waals surface area contributed by atoms with Crippen LogP contribution in [-0.2, 0) is 20.4 Å². The first-order chi connectivity index (χ1) is 11.5. The van der Waals surface area contributed by atoms with Crippen molar-refractivity contribution in [2.24, 2.45) is 9.98 Å². The van der Waals surface area contributed by atoms with Crippen LogP contribution in [0.1, 0.15) is 48.4 Å². The average molecular weight is 427 g/mol. The topological polar surface area (TPSA) is 24.7 Å². The van der Waals surface area contributed by atoms with E-state index in [9.17, 15) is 0 Å². The van der Waals surface area contributed by atoms with Gasteiger partial charge in [0.25, 0.3) is 0 Å². The van der Waals surface area contributed by atoms with Crippen molar-refractivity contribution in [2.45, 2.75) is 53.9 Å². The number of aliphatic imine (C=N–C) groups is 2. The number of rotatable bonds is 6. The predicted octanol–water partition coefficient (Wildman–Crippen LogP) is 6.58. The van der Waals surface area contributed by atoms with Crippen molar-refractivity contribution in [1.29, 1.82) is 0 Å². The molecule has 2 rings (SSSR count). The van der Waals surface area contributed by atoms with Crippen LogP contribution in [0.4, 0.5) is 11.4 Å².